The molecule has 0 saturated heterocycles. The van der Waals surface area contributed by atoms with Crippen molar-refractivity contribution in [3.8, 4) is 10.6 Å². The van der Waals surface area contributed by atoms with Crippen molar-refractivity contribution in [3.63, 3.8) is 0 Å². The fraction of sp³-hybridized carbons (Fsp3) is 0.188. The van der Waals surface area contributed by atoms with Gasteiger partial charge in [-0.3, -0.25) is 0 Å². The Morgan fingerprint density at radius 1 is 1.14 bits per heavy atom. The molecule has 2 heterocycles. The minimum absolute atomic E-state index is 0.666. The Balaban J connectivity index is 1.72. The van der Waals surface area contributed by atoms with Crippen LogP contribution in [0, 0.1) is 13.8 Å². The van der Waals surface area contributed by atoms with Gasteiger partial charge in [0.05, 0.1) is 12.2 Å². The highest BCUT2D eigenvalue weighted by Crippen LogP contribution is 2.26. The zero-order chi connectivity index (χ0) is 14.7. The van der Waals surface area contributed by atoms with E-state index in [9.17, 15) is 0 Å². The number of nitrogens with zero attached hydrogens (tertiary/aromatic N) is 3. The van der Waals surface area contributed by atoms with E-state index >= 15 is 0 Å². The lowest BCUT2D eigenvalue weighted by atomic mass is 10.1. The molecule has 0 spiro atoms. The van der Waals surface area contributed by atoms with Crippen molar-refractivity contribution >= 4 is 17.2 Å². The van der Waals surface area contributed by atoms with Crippen molar-refractivity contribution in [2.45, 2.75) is 20.4 Å². The maximum Gasteiger partial charge on any atom is 0.129 e. The van der Waals surface area contributed by atoms with Crippen LogP contribution >= 0.6 is 11.3 Å². The van der Waals surface area contributed by atoms with E-state index in [2.05, 4.69) is 39.7 Å². The number of nitrogens with one attached hydrogen (secondary N) is 1. The first-order valence-electron chi connectivity index (χ1n) is 6.75. The smallest absolute Gasteiger partial charge is 0.129 e. The molecule has 0 saturated carbocycles. The van der Waals surface area contributed by atoms with Crippen LogP contribution in [0.4, 0.5) is 5.82 Å². The maximum absolute atomic E-state index is 4.69. The first-order valence-corrected chi connectivity index (χ1v) is 7.63. The summed E-state index contributed by atoms with van der Waals surface area (Å²) in [6, 6.07) is 10.2. The molecule has 0 amide bonds. The molecule has 0 radical (unpaired) electrons. The Morgan fingerprint density at radius 3 is 2.81 bits per heavy atom. The molecule has 4 nitrogen and oxygen atoms in total. The van der Waals surface area contributed by atoms with Gasteiger partial charge in [-0.25, -0.2) is 15.0 Å². The summed E-state index contributed by atoms with van der Waals surface area (Å²) in [5.41, 5.74) is 4.42. The van der Waals surface area contributed by atoms with Gasteiger partial charge in [0.15, 0.2) is 0 Å². The number of rotatable bonds is 4. The van der Waals surface area contributed by atoms with Crippen molar-refractivity contribution in [1.29, 1.82) is 0 Å². The molecule has 0 aliphatic heterocycles. The predicted molar refractivity (Wildman–Crippen MR) is 86.4 cm³/mol. The van der Waals surface area contributed by atoms with E-state index in [4.69, 9.17) is 4.98 Å². The normalized spacial score (nSPS) is 10.6. The molecule has 0 bridgehead atoms. The SMILES string of the molecule is Cc1cc(NCc2csc(-c3ccccc3C)n2)ncn1. The summed E-state index contributed by atoms with van der Waals surface area (Å²) in [6.45, 7) is 4.73. The highest BCUT2D eigenvalue weighted by molar-refractivity contribution is 7.13. The summed E-state index contributed by atoms with van der Waals surface area (Å²) in [5, 5.41) is 6.42. The molecule has 0 aliphatic carbocycles. The number of hydrogen-bond acceptors (Lipinski definition) is 5. The number of benzene rings is 1. The first-order chi connectivity index (χ1) is 10.2. The lowest BCUT2D eigenvalue weighted by molar-refractivity contribution is 1.03. The van der Waals surface area contributed by atoms with Crippen molar-refractivity contribution in [1.82, 2.24) is 15.0 Å². The fourth-order valence-corrected chi connectivity index (χ4v) is 2.97. The molecule has 0 aliphatic rings. The third-order valence-electron chi connectivity index (χ3n) is 3.18. The van der Waals surface area contributed by atoms with Crippen LogP contribution in [-0.4, -0.2) is 15.0 Å². The molecule has 2 aromatic heterocycles. The second-order valence-electron chi connectivity index (χ2n) is 4.86. The minimum atomic E-state index is 0.666. The van der Waals surface area contributed by atoms with Crippen LogP contribution in [0.15, 0.2) is 42.0 Å². The number of hydrogen-bond donors (Lipinski definition) is 1. The van der Waals surface area contributed by atoms with E-state index in [-0.39, 0.29) is 0 Å². The second kappa shape index (κ2) is 6.01. The van der Waals surface area contributed by atoms with E-state index in [1.54, 1.807) is 17.7 Å². The molecular formula is C16H16N4S. The standard InChI is InChI=1S/C16H16N4S/c1-11-5-3-4-6-14(11)16-20-13(9-21-16)8-17-15-7-12(2)18-10-19-15/h3-7,9-10H,8H2,1-2H3,(H,17,18,19). The molecule has 5 heteroatoms. The van der Waals surface area contributed by atoms with E-state index < -0.39 is 0 Å². The second-order valence-corrected chi connectivity index (χ2v) is 5.72. The van der Waals surface area contributed by atoms with Crippen LogP contribution in [0.3, 0.4) is 0 Å². The predicted octanol–water partition coefficient (Wildman–Crippen LogP) is 3.83. The van der Waals surface area contributed by atoms with E-state index in [0.717, 1.165) is 22.2 Å². The zero-order valence-corrected chi connectivity index (χ0v) is 12.8. The number of anilines is 1. The number of aryl methyl sites for hydroxylation is 2. The molecule has 106 valence electrons. The van der Waals surface area contributed by atoms with E-state index in [1.165, 1.54) is 11.1 Å². The van der Waals surface area contributed by atoms with Gasteiger partial charge < -0.3 is 5.32 Å². The summed E-state index contributed by atoms with van der Waals surface area (Å²) in [4.78, 5) is 13.0. The maximum atomic E-state index is 4.69. The average molecular weight is 296 g/mol. The Labute approximate surface area is 127 Å². The van der Waals surface area contributed by atoms with E-state index in [1.807, 2.05) is 25.1 Å². The Hall–Kier alpha value is -2.27. The Morgan fingerprint density at radius 2 is 2.00 bits per heavy atom. The lowest BCUT2D eigenvalue weighted by Crippen LogP contribution is -2.02. The van der Waals surface area contributed by atoms with Gasteiger partial charge in [0, 0.05) is 22.7 Å². The van der Waals surface area contributed by atoms with Crippen molar-refractivity contribution in [3.05, 3.63) is 59.0 Å². The topological polar surface area (TPSA) is 50.7 Å². The molecule has 1 aromatic carbocycles. The largest absolute Gasteiger partial charge is 0.364 e. The summed E-state index contributed by atoms with van der Waals surface area (Å²) in [6.07, 6.45) is 1.57. The summed E-state index contributed by atoms with van der Waals surface area (Å²) >= 11 is 1.67. The molecule has 0 unspecified atom stereocenters. The van der Waals surface area contributed by atoms with Gasteiger partial charge in [-0.15, -0.1) is 11.3 Å². The summed E-state index contributed by atoms with van der Waals surface area (Å²) < 4.78 is 0. The third-order valence-corrected chi connectivity index (χ3v) is 4.11. The zero-order valence-electron chi connectivity index (χ0n) is 12.0. The third kappa shape index (κ3) is 3.25. The van der Waals surface area contributed by atoms with Crippen LogP contribution in [-0.2, 0) is 6.54 Å². The Bertz CT molecular complexity index is 751. The quantitative estimate of drug-likeness (QED) is 0.795. The summed E-state index contributed by atoms with van der Waals surface area (Å²) in [7, 11) is 0. The molecular weight excluding hydrogens is 280 g/mol. The average Bonchev–Trinajstić information content (AvgIpc) is 2.94. The van der Waals surface area contributed by atoms with Crippen molar-refractivity contribution in [2.24, 2.45) is 0 Å². The fourth-order valence-electron chi connectivity index (χ4n) is 2.06. The van der Waals surface area contributed by atoms with Gasteiger partial charge in [-0.2, -0.15) is 0 Å². The number of thiazole rings is 1. The summed E-state index contributed by atoms with van der Waals surface area (Å²) in [5.74, 6) is 0.827. The van der Waals surface area contributed by atoms with Crippen molar-refractivity contribution in [2.75, 3.05) is 5.32 Å². The van der Waals surface area contributed by atoms with Gasteiger partial charge in [0.2, 0.25) is 0 Å². The minimum Gasteiger partial charge on any atom is -0.364 e. The van der Waals surface area contributed by atoms with Crippen LogP contribution < -0.4 is 5.32 Å². The van der Waals surface area contributed by atoms with Gasteiger partial charge in [-0.05, 0) is 19.4 Å². The molecule has 1 N–H and O–H groups in total. The van der Waals surface area contributed by atoms with Crippen LogP contribution in [0.2, 0.25) is 0 Å². The molecule has 0 atom stereocenters. The monoisotopic (exact) mass is 296 g/mol. The van der Waals surface area contributed by atoms with Gasteiger partial charge >= 0.3 is 0 Å². The first kappa shape index (κ1) is 13.7. The number of aromatic nitrogens is 3. The van der Waals surface area contributed by atoms with Crippen LogP contribution in [0.5, 0.6) is 0 Å². The molecule has 21 heavy (non-hydrogen) atoms. The molecule has 0 fully saturated rings. The Kier molecular flexibility index (Phi) is 3.92. The van der Waals surface area contributed by atoms with E-state index in [0.29, 0.717) is 6.54 Å². The van der Waals surface area contributed by atoms with Gasteiger partial charge in [-0.1, -0.05) is 24.3 Å². The van der Waals surface area contributed by atoms with Gasteiger partial charge in [0.1, 0.15) is 17.2 Å². The van der Waals surface area contributed by atoms with Gasteiger partial charge in [0.25, 0.3) is 0 Å². The van der Waals surface area contributed by atoms with Crippen LogP contribution in [0.25, 0.3) is 10.6 Å². The van der Waals surface area contributed by atoms with Crippen molar-refractivity contribution < 1.29 is 0 Å². The highest BCUT2D eigenvalue weighted by atomic mass is 32.1. The highest BCUT2D eigenvalue weighted by Gasteiger charge is 2.07. The molecule has 3 rings (SSSR count). The van der Waals surface area contributed by atoms with Crippen LogP contribution in [0.1, 0.15) is 17.0 Å². The molecule has 3 aromatic rings. The lowest BCUT2D eigenvalue weighted by Gasteiger charge is -2.03.